The number of aliphatic hydroxyl groups excluding tert-OH is 2. The minimum atomic E-state index is -0.707. The Morgan fingerprint density at radius 2 is 2.31 bits per heavy atom. The van der Waals surface area contributed by atoms with Gasteiger partial charge in [0.2, 0.25) is 5.95 Å². The van der Waals surface area contributed by atoms with Crippen molar-refractivity contribution in [1.29, 1.82) is 0 Å². The molecule has 90 valence electrons. The van der Waals surface area contributed by atoms with E-state index in [-0.39, 0.29) is 6.61 Å². The summed E-state index contributed by atoms with van der Waals surface area (Å²) in [7, 11) is 0. The predicted molar refractivity (Wildman–Crippen MR) is 64.7 cm³/mol. The zero-order valence-corrected chi connectivity index (χ0v) is 10.3. The molecule has 0 fully saturated rings. The van der Waals surface area contributed by atoms with Gasteiger partial charge in [-0.2, -0.15) is 0 Å². The Kier molecular flexibility index (Phi) is 5.51. The number of aromatic nitrogens is 2. The van der Waals surface area contributed by atoms with Crippen LogP contribution in [-0.4, -0.2) is 45.2 Å². The van der Waals surface area contributed by atoms with E-state index in [1.807, 2.05) is 13.8 Å². The predicted octanol–water partition coefficient (Wildman–Crippen LogP) is 0.662. The van der Waals surface area contributed by atoms with Gasteiger partial charge in [0, 0.05) is 18.5 Å². The molecule has 0 aliphatic rings. The Morgan fingerprint density at radius 1 is 1.56 bits per heavy atom. The highest BCUT2D eigenvalue weighted by Gasteiger charge is 2.07. The molecule has 0 saturated carbocycles. The first-order valence-electron chi connectivity index (χ1n) is 5.16. The number of hydrogen-bond acceptors (Lipinski definition) is 6. The lowest BCUT2D eigenvalue weighted by molar-refractivity contribution is 0.113. The molecule has 1 aromatic heterocycles. The van der Waals surface area contributed by atoms with Crippen molar-refractivity contribution in [3.05, 3.63) is 11.8 Å². The number of rotatable bonds is 6. The van der Waals surface area contributed by atoms with E-state index in [2.05, 4.69) is 15.3 Å². The van der Waals surface area contributed by atoms with Crippen molar-refractivity contribution in [2.24, 2.45) is 0 Å². The third-order valence-electron chi connectivity index (χ3n) is 1.88. The first-order valence-corrected chi connectivity index (χ1v) is 6.15. The molecule has 0 bridgehead atoms. The molecule has 1 heterocycles. The number of anilines is 1. The summed E-state index contributed by atoms with van der Waals surface area (Å²) in [5, 5.41) is 21.8. The van der Waals surface area contributed by atoms with Gasteiger partial charge in [0.25, 0.3) is 0 Å². The maximum Gasteiger partial charge on any atom is 0.223 e. The summed E-state index contributed by atoms with van der Waals surface area (Å²) in [4.78, 5) is 8.44. The maximum absolute atomic E-state index is 9.25. The van der Waals surface area contributed by atoms with Crippen LogP contribution in [0, 0.1) is 6.92 Å². The van der Waals surface area contributed by atoms with Crippen LogP contribution in [0.4, 0.5) is 5.95 Å². The highest BCUT2D eigenvalue weighted by Crippen LogP contribution is 2.21. The number of aryl methyl sites for hydroxylation is 1. The quantitative estimate of drug-likeness (QED) is 0.503. The van der Waals surface area contributed by atoms with Crippen LogP contribution in [0.2, 0.25) is 0 Å². The Labute approximate surface area is 99.3 Å². The van der Waals surface area contributed by atoms with Gasteiger partial charge in [0.1, 0.15) is 5.03 Å². The Morgan fingerprint density at radius 3 is 2.94 bits per heavy atom. The molecule has 0 saturated heterocycles. The summed E-state index contributed by atoms with van der Waals surface area (Å²) >= 11 is 1.42. The van der Waals surface area contributed by atoms with Crippen molar-refractivity contribution in [1.82, 2.24) is 9.97 Å². The second kappa shape index (κ2) is 6.67. The summed E-state index contributed by atoms with van der Waals surface area (Å²) in [6.45, 7) is 4.44. The molecule has 0 aliphatic carbocycles. The fourth-order valence-corrected chi connectivity index (χ4v) is 1.93. The standard InChI is InChI=1S/C10H17N3O2S/c1-3-11-10-12-4-7(2)9(13-10)16-6-8(15)5-14/h4,8,14-15H,3,5-6H2,1-2H3,(H,11,12,13). The van der Waals surface area contributed by atoms with E-state index in [4.69, 9.17) is 5.11 Å². The lowest BCUT2D eigenvalue weighted by atomic mass is 10.4. The third kappa shape index (κ3) is 3.96. The zero-order chi connectivity index (χ0) is 12.0. The van der Waals surface area contributed by atoms with E-state index in [1.54, 1.807) is 6.20 Å². The molecular weight excluding hydrogens is 226 g/mol. The fourth-order valence-electron chi connectivity index (χ4n) is 1.04. The molecule has 6 heteroatoms. The molecule has 1 unspecified atom stereocenters. The fraction of sp³-hybridized carbons (Fsp3) is 0.600. The number of thioether (sulfide) groups is 1. The molecule has 0 aliphatic heterocycles. The molecule has 0 spiro atoms. The van der Waals surface area contributed by atoms with Gasteiger partial charge in [-0.25, -0.2) is 9.97 Å². The van der Waals surface area contributed by atoms with Gasteiger partial charge < -0.3 is 15.5 Å². The average molecular weight is 243 g/mol. The van der Waals surface area contributed by atoms with Crippen molar-refractivity contribution >= 4 is 17.7 Å². The van der Waals surface area contributed by atoms with Gasteiger partial charge in [0.15, 0.2) is 0 Å². The zero-order valence-electron chi connectivity index (χ0n) is 9.47. The molecule has 1 rings (SSSR count). The van der Waals surface area contributed by atoms with E-state index in [1.165, 1.54) is 11.8 Å². The van der Waals surface area contributed by atoms with Crippen molar-refractivity contribution in [3.63, 3.8) is 0 Å². The van der Waals surface area contributed by atoms with E-state index < -0.39 is 6.10 Å². The molecule has 5 nitrogen and oxygen atoms in total. The summed E-state index contributed by atoms with van der Waals surface area (Å²) in [5.74, 6) is 1.02. The SMILES string of the molecule is CCNc1ncc(C)c(SCC(O)CO)n1. The van der Waals surface area contributed by atoms with E-state index >= 15 is 0 Å². The average Bonchev–Trinajstić information content (AvgIpc) is 2.29. The third-order valence-corrected chi connectivity index (χ3v) is 3.12. The van der Waals surface area contributed by atoms with Gasteiger partial charge in [0.05, 0.1) is 12.7 Å². The smallest absolute Gasteiger partial charge is 0.223 e. The minimum absolute atomic E-state index is 0.225. The number of aliphatic hydroxyl groups is 2. The highest BCUT2D eigenvalue weighted by atomic mass is 32.2. The second-order valence-electron chi connectivity index (χ2n) is 3.36. The molecule has 1 aromatic rings. The molecular formula is C10H17N3O2S. The Hall–Kier alpha value is -0.850. The van der Waals surface area contributed by atoms with E-state index in [9.17, 15) is 5.11 Å². The van der Waals surface area contributed by atoms with Crippen molar-refractivity contribution in [2.45, 2.75) is 25.0 Å². The lowest BCUT2D eigenvalue weighted by Crippen LogP contribution is -2.15. The highest BCUT2D eigenvalue weighted by molar-refractivity contribution is 7.99. The van der Waals surface area contributed by atoms with Gasteiger partial charge in [-0.1, -0.05) is 0 Å². The summed E-state index contributed by atoms with van der Waals surface area (Å²) in [5.41, 5.74) is 0.969. The molecule has 3 N–H and O–H groups in total. The normalized spacial score (nSPS) is 12.5. The molecule has 0 amide bonds. The van der Waals surface area contributed by atoms with Gasteiger partial charge >= 0.3 is 0 Å². The first-order chi connectivity index (χ1) is 7.67. The van der Waals surface area contributed by atoms with E-state index in [0.29, 0.717) is 11.7 Å². The first kappa shape index (κ1) is 13.2. The minimum Gasteiger partial charge on any atom is -0.394 e. The van der Waals surface area contributed by atoms with Crippen LogP contribution in [-0.2, 0) is 0 Å². The van der Waals surface area contributed by atoms with Crippen LogP contribution in [0.25, 0.3) is 0 Å². The Balaban J connectivity index is 2.66. The van der Waals surface area contributed by atoms with Gasteiger partial charge in [-0.3, -0.25) is 0 Å². The van der Waals surface area contributed by atoms with E-state index in [0.717, 1.165) is 17.1 Å². The number of nitrogens with one attached hydrogen (secondary N) is 1. The van der Waals surface area contributed by atoms with Crippen LogP contribution >= 0.6 is 11.8 Å². The van der Waals surface area contributed by atoms with Crippen molar-refractivity contribution in [3.8, 4) is 0 Å². The van der Waals surface area contributed by atoms with Crippen molar-refractivity contribution < 1.29 is 10.2 Å². The number of nitrogens with zero attached hydrogens (tertiary/aromatic N) is 2. The summed E-state index contributed by atoms with van der Waals surface area (Å²) in [6.07, 6.45) is 1.04. The summed E-state index contributed by atoms with van der Waals surface area (Å²) in [6, 6.07) is 0. The molecule has 0 aromatic carbocycles. The monoisotopic (exact) mass is 243 g/mol. The van der Waals surface area contributed by atoms with Gasteiger partial charge in [-0.15, -0.1) is 11.8 Å². The molecule has 0 radical (unpaired) electrons. The molecule has 16 heavy (non-hydrogen) atoms. The number of hydrogen-bond donors (Lipinski definition) is 3. The largest absolute Gasteiger partial charge is 0.394 e. The Bertz CT molecular complexity index is 336. The van der Waals surface area contributed by atoms with Crippen LogP contribution in [0.5, 0.6) is 0 Å². The van der Waals surface area contributed by atoms with Crippen LogP contribution in [0.15, 0.2) is 11.2 Å². The van der Waals surface area contributed by atoms with Crippen LogP contribution in [0.3, 0.4) is 0 Å². The van der Waals surface area contributed by atoms with Crippen LogP contribution in [0.1, 0.15) is 12.5 Å². The lowest BCUT2D eigenvalue weighted by Gasteiger charge is -2.09. The second-order valence-corrected chi connectivity index (χ2v) is 4.37. The summed E-state index contributed by atoms with van der Waals surface area (Å²) < 4.78 is 0. The van der Waals surface area contributed by atoms with Gasteiger partial charge in [-0.05, 0) is 19.4 Å². The van der Waals surface area contributed by atoms with Crippen LogP contribution < -0.4 is 5.32 Å². The van der Waals surface area contributed by atoms with Crippen molar-refractivity contribution in [2.75, 3.05) is 24.2 Å². The topological polar surface area (TPSA) is 78.3 Å². The maximum atomic E-state index is 9.25. The molecule has 1 atom stereocenters.